The van der Waals surface area contributed by atoms with Crippen molar-refractivity contribution in [1.82, 2.24) is 10.2 Å². The lowest BCUT2D eigenvalue weighted by atomic mass is 10.1. The molecule has 4 heteroatoms. The fourth-order valence-electron chi connectivity index (χ4n) is 2.30. The summed E-state index contributed by atoms with van der Waals surface area (Å²) >= 11 is 5.74. The Kier molecular flexibility index (Phi) is 5.42. The van der Waals surface area contributed by atoms with Crippen LogP contribution in [0.4, 0.5) is 4.39 Å². The van der Waals surface area contributed by atoms with Gasteiger partial charge in [0.25, 0.3) is 0 Å². The Morgan fingerprint density at radius 3 is 2.72 bits per heavy atom. The van der Waals surface area contributed by atoms with Crippen molar-refractivity contribution in [2.75, 3.05) is 26.2 Å². The lowest BCUT2D eigenvalue weighted by Crippen LogP contribution is -2.35. The first-order valence-electron chi connectivity index (χ1n) is 6.63. The minimum atomic E-state index is -0.353. The fourth-order valence-corrected chi connectivity index (χ4v) is 2.51. The molecule has 0 spiro atoms. The molecule has 0 aliphatic carbocycles. The van der Waals surface area contributed by atoms with Crippen molar-refractivity contribution in [1.29, 1.82) is 0 Å². The van der Waals surface area contributed by atoms with Gasteiger partial charge in [-0.05, 0) is 43.6 Å². The van der Waals surface area contributed by atoms with Crippen LogP contribution >= 0.6 is 11.6 Å². The molecule has 0 atom stereocenters. The number of rotatable bonds is 5. The van der Waals surface area contributed by atoms with Gasteiger partial charge in [0.05, 0.1) is 5.02 Å². The maximum Gasteiger partial charge on any atom is 0.141 e. The van der Waals surface area contributed by atoms with E-state index in [1.807, 2.05) is 0 Å². The van der Waals surface area contributed by atoms with Crippen LogP contribution in [0, 0.1) is 5.82 Å². The number of halogens is 2. The predicted octanol–water partition coefficient (Wildman–Crippen LogP) is 3.05. The second-order valence-electron chi connectivity index (χ2n) is 4.83. The summed E-state index contributed by atoms with van der Waals surface area (Å²) < 4.78 is 13.0. The Morgan fingerprint density at radius 1 is 1.22 bits per heavy atom. The first kappa shape index (κ1) is 13.8. The van der Waals surface area contributed by atoms with E-state index in [0.29, 0.717) is 0 Å². The molecule has 1 aliphatic heterocycles. The van der Waals surface area contributed by atoms with E-state index in [2.05, 4.69) is 10.2 Å². The lowest BCUT2D eigenvalue weighted by molar-refractivity contribution is 0.229. The van der Waals surface area contributed by atoms with E-state index in [4.69, 9.17) is 11.6 Å². The van der Waals surface area contributed by atoms with Crippen molar-refractivity contribution in [2.45, 2.75) is 25.8 Å². The summed E-state index contributed by atoms with van der Waals surface area (Å²) in [5.41, 5.74) is 1.03. The Hall–Kier alpha value is -0.640. The highest BCUT2D eigenvalue weighted by molar-refractivity contribution is 6.30. The van der Waals surface area contributed by atoms with Crippen LogP contribution in [0.5, 0.6) is 0 Å². The highest BCUT2D eigenvalue weighted by Gasteiger charge is 2.08. The molecular weight excluding hydrogens is 251 g/mol. The predicted molar refractivity (Wildman–Crippen MR) is 73.4 cm³/mol. The van der Waals surface area contributed by atoms with Crippen LogP contribution in [0.2, 0.25) is 5.02 Å². The highest BCUT2D eigenvalue weighted by Crippen LogP contribution is 2.15. The van der Waals surface area contributed by atoms with E-state index in [0.717, 1.165) is 25.2 Å². The van der Waals surface area contributed by atoms with E-state index in [9.17, 15) is 4.39 Å². The number of piperidine rings is 1. The van der Waals surface area contributed by atoms with Gasteiger partial charge >= 0.3 is 0 Å². The lowest BCUT2D eigenvalue weighted by Gasteiger charge is -2.26. The number of nitrogens with zero attached hydrogens (tertiary/aromatic N) is 1. The van der Waals surface area contributed by atoms with Gasteiger partial charge in [0.15, 0.2) is 0 Å². The Labute approximate surface area is 113 Å². The Balaban J connectivity index is 1.66. The molecule has 0 bridgehead atoms. The second kappa shape index (κ2) is 7.07. The van der Waals surface area contributed by atoms with Crippen molar-refractivity contribution >= 4 is 11.6 Å². The standard InChI is InChI=1S/C14H20ClFN2/c15-13-10-12(4-5-14(13)16)11-17-6-9-18-7-2-1-3-8-18/h4-5,10,17H,1-3,6-9,11H2. The monoisotopic (exact) mass is 270 g/mol. The zero-order valence-corrected chi connectivity index (χ0v) is 11.3. The summed E-state index contributed by atoms with van der Waals surface area (Å²) in [6.45, 7) is 5.26. The third-order valence-corrected chi connectivity index (χ3v) is 3.66. The van der Waals surface area contributed by atoms with Crippen LogP contribution in [0.3, 0.4) is 0 Å². The third kappa shape index (κ3) is 4.23. The largest absolute Gasteiger partial charge is 0.311 e. The van der Waals surface area contributed by atoms with Crippen LogP contribution in [0.1, 0.15) is 24.8 Å². The number of benzene rings is 1. The summed E-state index contributed by atoms with van der Waals surface area (Å²) in [7, 11) is 0. The van der Waals surface area contributed by atoms with Gasteiger partial charge in [-0.2, -0.15) is 0 Å². The smallest absolute Gasteiger partial charge is 0.141 e. The van der Waals surface area contributed by atoms with Gasteiger partial charge in [-0.25, -0.2) is 4.39 Å². The maximum absolute atomic E-state index is 13.0. The average molecular weight is 271 g/mol. The molecule has 0 amide bonds. The van der Waals surface area contributed by atoms with Crippen LogP contribution in [0.25, 0.3) is 0 Å². The van der Waals surface area contributed by atoms with Gasteiger partial charge < -0.3 is 10.2 Å². The van der Waals surface area contributed by atoms with Crippen LogP contribution < -0.4 is 5.32 Å². The van der Waals surface area contributed by atoms with E-state index in [1.165, 1.54) is 38.4 Å². The van der Waals surface area contributed by atoms with Crippen LogP contribution in [-0.4, -0.2) is 31.1 Å². The average Bonchev–Trinajstić information content (AvgIpc) is 2.40. The summed E-state index contributed by atoms with van der Waals surface area (Å²) in [4.78, 5) is 2.49. The molecule has 1 N–H and O–H groups in total. The van der Waals surface area contributed by atoms with Gasteiger partial charge in [0.2, 0.25) is 0 Å². The number of likely N-dealkylation sites (tertiary alicyclic amines) is 1. The Morgan fingerprint density at radius 2 is 2.00 bits per heavy atom. The van der Waals surface area contributed by atoms with Crippen molar-refractivity contribution in [3.63, 3.8) is 0 Å². The van der Waals surface area contributed by atoms with Crippen molar-refractivity contribution in [2.24, 2.45) is 0 Å². The van der Waals surface area contributed by atoms with Crippen molar-refractivity contribution in [3.05, 3.63) is 34.6 Å². The molecule has 2 rings (SSSR count). The topological polar surface area (TPSA) is 15.3 Å². The molecule has 18 heavy (non-hydrogen) atoms. The van der Waals surface area contributed by atoms with Crippen molar-refractivity contribution in [3.8, 4) is 0 Å². The first-order chi connectivity index (χ1) is 8.75. The minimum Gasteiger partial charge on any atom is -0.311 e. The fraction of sp³-hybridized carbons (Fsp3) is 0.571. The number of nitrogens with one attached hydrogen (secondary N) is 1. The van der Waals surface area contributed by atoms with Crippen LogP contribution in [0.15, 0.2) is 18.2 Å². The molecule has 0 unspecified atom stereocenters. The zero-order valence-electron chi connectivity index (χ0n) is 10.6. The minimum absolute atomic E-state index is 0.199. The van der Waals surface area contributed by atoms with E-state index < -0.39 is 0 Å². The van der Waals surface area contributed by atoms with Gasteiger partial charge in [0, 0.05) is 19.6 Å². The van der Waals surface area contributed by atoms with Gasteiger partial charge in [-0.15, -0.1) is 0 Å². The molecule has 0 saturated carbocycles. The molecule has 1 saturated heterocycles. The molecule has 0 radical (unpaired) electrons. The quantitative estimate of drug-likeness (QED) is 0.828. The van der Waals surface area contributed by atoms with E-state index in [-0.39, 0.29) is 10.8 Å². The molecule has 1 fully saturated rings. The molecule has 1 heterocycles. The second-order valence-corrected chi connectivity index (χ2v) is 5.23. The normalized spacial score (nSPS) is 17.0. The van der Waals surface area contributed by atoms with Gasteiger partial charge in [-0.1, -0.05) is 24.1 Å². The summed E-state index contributed by atoms with van der Waals surface area (Å²) in [5.74, 6) is -0.353. The summed E-state index contributed by atoms with van der Waals surface area (Å²) in [5, 5.41) is 3.57. The third-order valence-electron chi connectivity index (χ3n) is 3.37. The van der Waals surface area contributed by atoms with Gasteiger partial charge in [0.1, 0.15) is 5.82 Å². The summed E-state index contributed by atoms with van der Waals surface area (Å²) in [6, 6.07) is 4.88. The first-order valence-corrected chi connectivity index (χ1v) is 7.00. The van der Waals surface area contributed by atoms with Crippen LogP contribution in [-0.2, 0) is 6.54 Å². The molecule has 1 aliphatic rings. The molecule has 1 aromatic carbocycles. The van der Waals surface area contributed by atoms with Gasteiger partial charge in [-0.3, -0.25) is 0 Å². The molecule has 1 aromatic rings. The van der Waals surface area contributed by atoms with Crippen molar-refractivity contribution < 1.29 is 4.39 Å². The molecule has 2 nitrogen and oxygen atoms in total. The number of hydrogen-bond donors (Lipinski definition) is 1. The number of hydrogen-bond acceptors (Lipinski definition) is 2. The molecular formula is C14H20ClFN2. The van der Waals surface area contributed by atoms with E-state index >= 15 is 0 Å². The zero-order chi connectivity index (χ0) is 12.8. The SMILES string of the molecule is Fc1ccc(CNCCN2CCCCC2)cc1Cl. The maximum atomic E-state index is 13.0. The van der Waals surface area contributed by atoms with E-state index in [1.54, 1.807) is 12.1 Å². The highest BCUT2D eigenvalue weighted by atomic mass is 35.5. The molecule has 0 aromatic heterocycles. The Bertz CT molecular complexity index is 378. The summed E-state index contributed by atoms with van der Waals surface area (Å²) in [6.07, 6.45) is 4.03. The molecule has 100 valence electrons.